The quantitative estimate of drug-likeness (QED) is 0.0561. The van der Waals surface area contributed by atoms with Gasteiger partial charge in [-0.3, -0.25) is 9.80 Å². The van der Waals surface area contributed by atoms with Crippen LogP contribution >= 0.6 is 0 Å². The van der Waals surface area contributed by atoms with E-state index in [4.69, 9.17) is 33.7 Å². The number of rotatable bonds is 21. The van der Waals surface area contributed by atoms with Gasteiger partial charge in [0, 0.05) is 63.7 Å². The van der Waals surface area contributed by atoms with Crippen LogP contribution in [0.2, 0.25) is 0 Å². The topological polar surface area (TPSA) is 132 Å². The van der Waals surface area contributed by atoms with Gasteiger partial charge in [0.25, 0.3) is 0 Å². The maximum atomic E-state index is 14.4. The molecule has 57 heavy (non-hydrogen) atoms. The zero-order valence-corrected chi connectivity index (χ0v) is 35.0. The second kappa shape index (κ2) is 20.2. The molecule has 1 aromatic rings. The second-order valence-electron chi connectivity index (χ2n) is 17.7. The number of ether oxygens (including phenoxy) is 5. The van der Waals surface area contributed by atoms with E-state index in [-0.39, 0.29) is 49.6 Å². The maximum absolute atomic E-state index is 14.4. The molecule has 7 unspecified atom stereocenters. The normalized spacial score (nSPS) is 28.7. The molecule has 12 nitrogen and oxygen atoms in total. The van der Waals surface area contributed by atoms with Crippen LogP contribution in [0, 0.1) is 23.2 Å². The first-order valence-electron chi connectivity index (χ1n) is 21.8. The molecule has 0 radical (unpaired) electrons. The first-order chi connectivity index (χ1) is 27.6. The van der Waals surface area contributed by atoms with Gasteiger partial charge in [0.2, 0.25) is 12.1 Å². The van der Waals surface area contributed by atoms with Gasteiger partial charge in [-0.25, -0.2) is 4.79 Å². The van der Waals surface area contributed by atoms with Crippen molar-refractivity contribution in [2.75, 3.05) is 65.8 Å². The Morgan fingerprint density at radius 3 is 2.60 bits per heavy atom. The second-order valence-corrected chi connectivity index (χ2v) is 17.7. The van der Waals surface area contributed by atoms with Crippen molar-refractivity contribution in [1.82, 2.24) is 9.80 Å². The molecular weight excluding hydrogens is 727 g/mol. The number of nitrogens with zero attached hydrogens (tertiary/aromatic N) is 3. The van der Waals surface area contributed by atoms with Crippen LogP contribution in [0.3, 0.4) is 0 Å². The predicted molar refractivity (Wildman–Crippen MR) is 219 cm³/mol. The summed E-state index contributed by atoms with van der Waals surface area (Å²) in [6.45, 7) is 17.7. The minimum absolute atomic E-state index is 0.125. The largest absolute Gasteiger partial charge is 0.492 e. The summed E-state index contributed by atoms with van der Waals surface area (Å²) in [5, 5.41) is 24.7. The van der Waals surface area contributed by atoms with Crippen LogP contribution in [0.15, 0.2) is 47.7 Å². The van der Waals surface area contributed by atoms with Crippen molar-refractivity contribution in [2.24, 2.45) is 28.3 Å². The van der Waals surface area contributed by atoms with E-state index in [0.717, 1.165) is 87.2 Å². The Hall–Kier alpha value is -3.16. The number of hydrogen-bond acceptors (Lipinski definition) is 11. The summed E-state index contributed by atoms with van der Waals surface area (Å²) >= 11 is 0. The third-order valence-electron chi connectivity index (χ3n) is 12.0. The Balaban J connectivity index is 1.54. The van der Waals surface area contributed by atoms with Crippen LogP contribution < -0.4 is 9.47 Å². The molecule has 0 aromatic heterocycles. The average molecular weight is 796 g/mol. The van der Waals surface area contributed by atoms with Crippen LogP contribution in [0.1, 0.15) is 110 Å². The number of oxime groups is 1. The minimum atomic E-state index is -1.33. The zero-order valence-electron chi connectivity index (χ0n) is 35.0. The Kier molecular flexibility index (Phi) is 15.4. The third kappa shape index (κ3) is 10.7. The van der Waals surface area contributed by atoms with E-state index in [1.807, 2.05) is 12.1 Å². The number of carbonyl (C=O) groups is 1. The summed E-state index contributed by atoms with van der Waals surface area (Å²) in [7, 11) is 0. The Morgan fingerprint density at radius 2 is 1.91 bits per heavy atom. The summed E-state index contributed by atoms with van der Waals surface area (Å²) < 4.78 is 32.9. The highest BCUT2D eigenvalue weighted by atomic mass is 16.8. The molecule has 2 saturated heterocycles. The van der Waals surface area contributed by atoms with Crippen molar-refractivity contribution in [3.8, 4) is 11.5 Å². The molecular formula is C45H69N3O9. The number of allylic oxidation sites excluding steroid dienone is 1. The number of benzene rings is 1. The van der Waals surface area contributed by atoms with Gasteiger partial charge in [-0.2, -0.15) is 0 Å². The molecule has 1 aromatic carbocycles. The number of unbranched alkanes of at least 4 members (excludes halogenated alkanes) is 2. The summed E-state index contributed by atoms with van der Waals surface area (Å²) in [6, 6.07) is 5.50. The smallest absolute Gasteiger partial charge is 0.410 e. The fourth-order valence-electron chi connectivity index (χ4n) is 9.22. The molecule has 2 N–H and O–H groups in total. The number of amides is 1. The van der Waals surface area contributed by atoms with Gasteiger partial charge < -0.3 is 38.7 Å². The molecule has 1 amide bonds. The fraction of sp³-hybridized carbons (Fsp3) is 0.733. The first kappa shape index (κ1) is 43.4. The van der Waals surface area contributed by atoms with Crippen LogP contribution in [0.5, 0.6) is 11.5 Å². The van der Waals surface area contributed by atoms with Crippen molar-refractivity contribution in [3.05, 3.63) is 48.1 Å². The average Bonchev–Trinajstić information content (AvgIpc) is 4.03. The highest BCUT2D eigenvalue weighted by molar-refractivity contribution is 6.03. The van der Waals surface area contributed by atoms with E-state index in [9.17, 15) is 15.0 Å². The fourth-order valence-corrected chi connectivity index (χ4v) is 9.22. The lowest BCUT2D eigenvalue weighted by Gasteiger charge is -2.60. The van der Waals surface area contributed by atoms with Crippen molar-refractivity contribution >= 4 is 11.8 Å². The molecule has 318 valence electrons. The predicted octanol–water partition coefficient (Wildman–Crippen LogP) is 7.44. The van der Waals surface area contributed by atoms with Gasteiger partial charge in [-0.1, -0.05) is 57.8 Å². The third-order valence-corrected chi connectivity index (χ3v) is 12.0. The van der Waals surface area contributed by atoms with Crippen molar-refractivity contribution in [3.63, 3.8) is 0 Å². The van der Waals surface area contributed by atoms with Gasteiger partial charge in [0.15, 0.2) is 0 Å². The van der Waals surface area contributed by atoms with Gasteiger partial charge >= 0.3 is 6.09 Å². The van der Waals surface area contributed by atoms with Crippen LogP contribution in [0.25, 0.3) is 0 Å². The number of aliphatic hydroxyl groups is 2. The number of fused-ring (bicyclic) bond motifs is 2. The van der Waals surface area contributed by atoms with E-state index in [2.05, 4.69) is 51.3 Å². The molecule has 0 bridgehead atoms. The Bertz CT molecular complexity index is 1530. The van der Waals surface area contributed by atoms with Gasteiger partial charge in [-0.05, 0) is 86.0 Å². The standard InChI is InChI=1S/C45H69N3O9/c1-6-19-48(43(51)54-31-44(3,4)5)39-30-37(46-57-40-16-10-13-26-53-40)35-28-32(14-8-11-23-49)34(15-9-12-24-50)41-36-29-33(52-27-22-47-20-21-47)17-18-38(36)56-45(39,42(35)41)55-25-7-2/h7,17-18,28-29,32,34,39-42,49-50H,2,6,8-16,19-27,30-31H2,1,3-5H3. The highest BCUT2D eigenvalue weighted by Gasteiger charge is 2.65. The van der Waals surface area contributed by atoms with E-state index in [0.29, 0.717) is 51.2 Å². The molecule has 0 spiro atoms. The van der Waals surface area contributed by atoms with Crippen molar-refractivity contribution in [1.29, 1.82) is 0 Å². The van der Waals surface area contributed by atoms with E-state index >= 15 is 0 Å². The molecule has 6 rings (SSSR count). The lowest BCUT2D eigenvalue weighted by molar-refractivity contribution is -0.255. The van der Waals surface area contributed by atoms with E-state index in [1.165, 1.54) is 0 Å². The van der Waals surface area contributed by atoms with Crippen LogP contribution in [-0.4, -0.2) is 116 Å². The monoisotopic (exact) mass is 796 g/mol. The summed E-state index contributed by atoms with van der Waals surface area (Å²) in [6.07, 6.45) is 11.9. The van der Waals surface area contributed by atoms with Crippen LogP contribution in [-0.2, 0) is 19.0 Å². The first-order valence-corrected chi connectivity index (χ1v) is 21.8. The van der Waals surface area contributed by atoms with Crippen LogP contribution in [0.4, 0.5) is 4.79 Å². The van der Waals surface area contributed by atoms with Gasteiger partial charge in [0.05, 0.1) is 31.5 Å². The molecule has 3 aliphatic heterocycles. The lowest BCUT2D eigenvalue weighted by Crippen LogP contribution is -2.70. The Morgan fingerprint density at radius 1 is 1.12 bits per heavy atom. The number of aliphatic hydroxyl groups excluding tert-OH is 2. The van der Waals surface area contributed by atoms with E-state index < -0.39 is 30.1 Å². The SMILES string of the molecule is C=CCOC12Oc3ccc(OCCN4CC4)cc3C3C(CCCCO)C(CCCCO)C=C(C(=NOC4CCCCO4)CC1N(CCC)C(=O)OCC(C)(C)C)C32. The summed E-state index contributed by atoms with van der Waals surface area (Å²) in [5.41, 5.74) is 2.57. The summed E-state index contributed by atoms with van der Waals surface area (Å²) in [4.78, 5) is 24.8. The van der Waals surface area contributed by atoms with E-state index in [1.54, 1.807) is 11.0 Å². The molecule has 5 aliphatic rings. The molecule has 12 heteroatoms. The molecule has 7 atom stereocenters. The molecule has 3 heterocycles. The zero-order chi connectivity index (χ0) is 40.4. The molecule has 2 aliphatic carbocycles. The summed E-state index contributed by atoms with van der Waals surface area (Å²) in [5.74, 6) is -0.0922. The maximum Gasteiger partial charge on any atom is 0.410 e. The molecule has 1 saturated carbocycles. The van der Waals surface area contributed by atoms with Gasteiger partial charge in [-0.15, -0.1) is 6.58 Å². The number of hydrogen-bond donors (Lipinski definition) is 2. The number of carbonyl (C=O) groups excluding carboxylic acids is 1. The van der Waals surface area contributed by atoms with Crippen molar-refractivity contribution in [2.45, 2.75) is 122 Å². The molecule has 3 fully saturated rings. The highest BCUT2D eigenvalue weighted by Crippen LogP contribution is 2.62. The van der Waals surface area contributed by atoms with Gasteiger partial charge in [0.1, 0.15) is 24.1 Å². The Labute approximate surface area is 340 Å². The lowest BCUT2D eigenvalue weighted by atomic mass is 9.55. The van der Waals surface area contributed by atoms with Crippen molar-refractivity contribution < 1.29 is 43.5 Å². The minimum Gasteiger partial charge on any atom is -0.492 e.